The topological polar surface area (TPSA) is 41.1 Å². The smallest absolute Gasteiger partial charge is 0.220 e. The highest BCUT2D eigenvalue weighted by Gasteiger charge is 2.20. The van der Waals surface area contributed by atoms with Crippen LogP contribution in [0.1, 0.15) is 44.9 Å². The maximum Gasteiger partial charge on any atom is 0.220 e. The second-order valence-corrected chi connectivity index (χ2v) is 4.93. The van der Waals surface area contributed by atoms with Crippen molar-refractivity contribution in [2.75, 3.05) is 13.1 Å². The predicted octanol–water partition coefficient (Wildman–Crippen LogP) is 1.43. The van der Waals surface area contributed by atoms with Gasteiger partial charge in [-0.05, 0) is 44.6 Å². The first kappa shape index (κ1) is 10.9. The first-order valence-electron chi connectivity index (χ1n) is 6.34. The number of carbonyl (C=O) groups excluding carboxylic acids is 1. The van der Waals surface area contributed by atoms with E-state index >= 15 is 0 Å². The second kappa shape index (κ2) is 5.50. The molecule has 3 heteroatoms. The quantitative estimate of drug-likeness (QED) is 0.721. The Bertz CT molecular complexity index is 208. The van der Waals surface area contributed by atoms with Crippen molar-refractivity contribution in [3.8, 4) is 0 Å². The van der Waals surface area contributed by atoms with Crippen molar-refractivity contribution in [3.63, 3.8) is 0 Å². The zero-order chi connectivity index (χ0) is 10.5. The summed E-state index contributed by atoms with van der Waals surface area (Å²) in [5.41, 5.74) is 0. The Balaban J connectivity index is 1.50. The third-order valence-corrected chi connectivity index (χ3v) is 3.68. The molecule has 1 amide bonds. The van der Waals surface area contributed by atoms with Gasteiger partial charge in [0.25, 0.3) is 0 Å². The molecule has 1 saturated carbocycles. The lowest BCUT2D eigenvalue weighted by Gasteiger charge is -2.24. The van der Waals surface area contributed by atoms with Gasteiger partial charge in [-0.2, -0.15) is 0 Å². The minimum absolute atomic E-state index is 0.262. The van der Waals surface area contributed by atoms with Gasteiger partial charge in [0.2, 0.25) is 5.91 Å². The van der Waals surface area contributed by atoms with Crippen LogP contribution in [0.15, 0.2) is 0 Å². The Hall–Kier alpha value is -0.570. The van der Waals surface area contributed by atoms with E-state index in [-0.39, 0.29) is 5.91 Å². The second-order valence-electron chi connectivity index (χ2n) is 4.93. The van der Waals surface area contributed by atoms with E-state index in [9.17, 15) is 4.79 Å². The number of nitrogens with one attached hydrogen (secondary N) is 2. The van der Waals surface area contributed by atoms with Gasteiger partial charge in [0, 0.05) is 19.0 Å². The minimum Gasteiger partial charge on any atom is -0.356 e. The van der Waals surface area contributed by atoms with E-state index < -0.39 is 0 Å². The molecule has 1 atom stereocenters. The Labute approximate surface area is 92.0 Å². The van der Waals surface area contributed by atoms with Crippen LogP contribution in [0.5, 0.6) is 0 Å². The molecule has 2 rings (SSSR count). The summed E-state index contributed by atoms with van der Waals surface area (Å²) < 4.78 is 0. The van der Waals surface area contributed by atoms with Crippen molar-refractivity contribution in [1.82, 2.24) is 10.6 Å². The van der Waals surface area contributed by atoms with Gasteiger partial charge in [0.05, 0.1) is 0 Å². The monoisotopic (exact) mass is 210 g/mol. The van der Waals surface area contributed by atoms with E-state index in [0.29, 0.717) is 12.0 Å². The standard InChI is InChI=1S/C12H22N2O/c15-12(9-10-3-1-4-10)14-8-6-11-5-2-7-13-11/h10-11,13H,1-9H2,(H,14,15). The fraction of sp³-hybridized carbons (Fsp3) is 0.917. The van der Waals surface area contributed by atoms with Crippen LogP contribution in [0.2, 0.25) is 0 Å². The van der Waals surface area contributed by atoms with Crippen LogP contribution in [0.4, 0.5) is 0 Å². The van der Waals surface area contributed by atoms with Crippen molar-refractivity contribution in [2.45, 2.75) is 51.0 Å². The molecular formula is C12H22N2O. The number of hydrogen-bond acceptors (Lipinski definition) is 2. The summed E-state index contributed by atoms with van der Waals surface area (Å²) in [6, 6.07) is 0.647. The first-order chi connectivity index (χ1) is 7.34. The van der Waals surface area contributed by atoms with Gasteiger partial charge in [-0.25, -0.2) is 0 Å². The highest BCUT2D eigenvalue weighted by Crippen LogP contribution is 2.29. The molecule has 1 unspecified atom stereocenters. The van der Waals surface area contributed by atoms with E-state index in [1.807, 2.05) is 0 Å². The van der Waals surface area contributed by atoms with Crippen LogP contribution < -0.4 is 10.6 Å². The molecule has 15 heavy (non-hydrogen) atoms. The number of hydrogen-bond donors (Lipinski definition) is 2. The molecular weight excluding hydrogens is 188 g/mol. The van der Waals surface area contributed by atoms with Gasteiger partial charge in [0.1, 0.15) is 0 Å². The highest BCUT2D eigenvalue weighted by atomic mass is 16.1. The zero-order valence-electron chi connectivity index (χ0n) is 9.43. The molecule has 1 aliphatic heterocycles. The third kappa shape index (κ3) is 3.49. The van der Waals surface area contributed by atoms with Gasteiger partial charge in [-0.3, -0.25) is 4.79 Å². The number of amides is 1. The van der Waals surface area contributed by atoms with Crippen LogP contribution in [-0.4, -0.2) is 25.0 Å². The highest BCUT2D eigenvalue weighted by molar-refractivity contribution is 5.76. The van der Waals surface area contributed by atoms with Gasteiger partial charge < -0.3 is 10.6 Å². The average Bonchev–Trinajstić information content (AvgIpc) is 2.64. The molecule has 0 aromatic rings. The Morgan fingerprint density at radius 2 is 2.13 bits per heavy atom. The molecule has 0 spiro atoms. The van der Waals surface area contributed by atoms with Crippen molar-refractivity contribution in [1.29, 1.82) is 0 Å². The summed E-state index contributed by atoms with van der Waals surface area (Å²) in [7, 11) is 0. The fourth-order valence-electron chi connectivity index (χ4n) is 2.42. The number of rotatable bonds is 5. The Kier molecular flexibility index (Phi) is 4.01. The number of carbonyl (C=O) groups is 1. The molecule has 1 saturated heterocycles. The van der Waals surface area contributed by atoms with Crippen molar-refractivity contribution >= 4 is 5.91 Å². The van der Waals surface area contributed by atoms with Crippen LogP contribution in [0.25, 0.3) is 0 Å². The minimum atomic E-state index is 0.262. The molecule has 86 valence electrons. The molecule has 2 fully saturated rings. The molecule has 0 radical (unpaired) electrons. The summed E-state index contributed by atoms with van der Waals surface area (Å²) in [4.78, 5) is 11.5. The summed E-state index contributed by atoms with van der Waals surface area (Å²) in [6.45, 7) is 2.00. The molecule has 2 N–H and O–H groups in total. The van der Waals surface area contributed by atoms with Gasteiger partial charge in [-0.15, -0.1) is 0 Å². The summed E-state index contributed by atoms with van der Waals surface area (Å²) >= 11 is 0. The van der Waals surface area contributed by atoms with Gasteiger partial charge in [-0.1, -0.05) is 6.42 Å². The summed E-state index contributed by atoms with van der Waals surface area (Å²) in [5, 5.41) is 6.47. The van der Waals surface area contributed by atoms with Crippen LogP contribution >= 0.6 is 0 Å². The largest absolute Gasteiger partial charge is 0.356 e. The van der Waals surface area contributed by atoms with Crippen LogP contribution in [0.3, 0.4) is 0 Å². The van der Waals surface area contributed by atoms with E-state index in [1.165, 1.54) is 32.1 Å². The lowest BCUT2D eigenvalue weighted by molar-refractivity contribution is -0.122. The maximum atomic E-state index is 11.5. The van der Waals surface area contributed by atoms with E-state index in [1.54, 1.807) is 0 Å². The lowest BCUT2D eigenvalue weighted by Crippen LogP contribution is -2.32. The predicted molar refractivity (Wildman–Crippen MR) is 60.6 cm³/mol. The molecule has 0 bridgehead atoms. The Morgan fingerprint density at radius 3 is 2.73 bits per heavy atom. The summed E-state index contributed by atoms with van der Waals surface area (Å²) in [6.07, 6.45) is 8.27. The van der Waals surface area contributed by atoms with E-state index in [4.69, 9.17) is 0 Å². The summed E-state index contributed by atoms with van der Waals surface area (Å²) in [5.74, 6) is 0.951. The molecule has 0 aromatic carbocycles. The fourth-order valence-corrected chi connectivity index (χ4v) is 2.42. The average molecular weight is 210 g/mol. The van der Waals surface area contributed by atoms with Crippen molar-refractivity contribution < 1.29 is 4.79 Å². The molecule has 1 aliphatic carbocycles. The van der Waals surface area contributed by atoms with Crippen molar-refractivity contribution in [2.24, 2.45) is 5.92 Å². The Morgan fingerprint density at radius 1 is 1.27 bits per heavy atom. The zero-order valence-corrected chi connectivity index (χ0v) is 9.43. The van der Waals surface area contributed by atoms with Crippen LogP contribution in [0, 0.1) is 5.92 Å². The first-order valence-corrected chi connectivity index (χ1v) is 6.34. The maximum absolute atomic E-state index is 11.5. The van der Waals surface area contributed by atoms with Crippen molar-refractivity contribution in [3.05, 3.63) is 0 Å². The normalized spacial score (nSPS) is 26.3. The third-order valence-electron chi connectivity index (χ3n) is 3.68. The SMILES string of the molecule is O=C(CC1CCC1)NCCC1CCCN1. The van der Waals surface area contributed by atoms with E-state index in [2.05, 4.69) is 10.6 Å². The van der Waals surface area contributed by atoms with Gasteiger partial charge >= 0.3 is 0 Å². The molecule has 0 aromatic heterocycles. The lowest BCUT2D eigenvalue weighted by atomic mass is 9.83. The molecule has 2 aliphatic rings. The molecule has 3 nitrogen and oxygen atoms in total. The van der Waals surface area contributed by atoms with E-state index in [0.717, 1.165) is 25.9 Å². The molecule has 1 heterocycles. The van der Waals surface area contributed by atoms with Gasteiger partial charge in [0.15, 0.2) is 0 Å². The van der Waals surface area contributed by atoms with Crippen LogP contribution in [-0.2, 0) is 4.79 Å².